The fourth-order valence-electron chi connectivity index (χ4n) is 1.57. The Labute approximate surface area is 83.8 Å². The standard InChI is InChI=1S/C11H15NO2/c12-6-2-1-3-9-4-5-10-11(7-9)14-8-13-10/h4-5,7H,1-3,6,8,12H2. The monoisotopic (exact) mass is 193 g/mol. The van der Waals surface area contributed by atoms with Crippen LogP contribution in [0.15, 0.2) is 18.2 Å². The third-order valence-corrected chi connectivity index (χ3v) is 2.36. The highest BCUT2D eigenvalue weighted by Crippen LogP contribution is 2.32. The molecule has 1 aliphatic heterocycles. The van der Waals surface area contributed by atoms with Crippen molar-refractivity contribution < 1.29 is 9.47 Å². The fraction of sp³-hybridized carbons (Fsp3) is 0.455. The minimum Gasteiger partial charge on any atom is -0.454 e. The van der Waals surface area contributed by atoms with E-state index in [1.54, 1.807) is 0 Å². The molecule has 0 amide bonds. The second kappa shape index (κ2) is 4.33. The van der Waals surface area contributed by atoms with Crippen molar-refractivity contribution in [3.63, 3.8) is 0 Å². The van der Waals surface area contributed by atoms with Crippen LogP contribution in [0.25, 0.3) is 0 Å². The number of benzene rings is 1. The predicted octanol–water partition coefficient (Wildman–Crippen LogP) is 1.70. The Balaban J connectivity index is 1.98. The summed E-state index contributed by atoms with van der Waals surface area (Å²) in [6.45, 7) is 1.12. The molecular weight excluding hydrogens is 178 g/mol. The molecule has 0 spiro atoms. The molecule has 1 aromatic carbocycles. The lowest BCUT2D eigenvalue weighted by Gasteiger charge is -2.02. The summed E-state index contributed by atoms with van der Waals surface area (Å²) >= 11 is 0. The van der Waals surface area contributed by atoms with E-state index in [1.807, 2.05) is 6.07 Å². The number of hydrogen-bond acceptors (Lipinski definition) is 3. The van der Waals surface area contributed by atoms with Gasteiger partial charge in [0.1, 0.15) is 0 Å². The lowest BCUT2D eigenvalue weighted by molar-refractivity contribution is 0.174. The molecule has 0 atom stereocenters. The quantitative estimate of drug-likeness (QED) is 0.740. The van der Waals surface area contributed by atoms with Gasteiger partial charge in [-0.15, -0.1) is 0 Å². The maximum Gasteiger partial charge on any atom is 0.231 e. The van der Waals surface area contributed by atoms with E-state index in [0.29, 0.717) is 6.79 Å². The van der Waals surface area contributed by atoms with Gasteiger partial charge >= 0.3 is 0 Å². The van der Waals surface area contributed by atoms with Crippen molar-refractivity contribution in [3.05, 3.63) is 23.8 Å². The van der Waals surface area contributed by atoms with Gasteiger partial charge in [0.05, 0.1) is 0 Å². The lowest BCUT2D eigenvalue weighted by Crippen LogP contribution is -1.98. The van der Waals surface area contributed by atoms with E-state index in [4.69, 9.17) is 15.2 Å². The highest BCUT2D eigenvalue weighted by atomic mass is 16.7. The Kier molecular flexibility index (Phi) is 2.89. The van der Waals surface area contributed by atoms with E-state index >= 15 is 0 Å². The molecule has 0 aromatic heterocycles. The highest BCUT2D eigenvalue weighted by molar-refractivity contribution is 5.44. The van der Waals surface area contributed by atoms with Crippen LogP contribution in [0.5, 0.6) is 11.5 Å². The molecule has 3 nitrogen and oxygen atoms in total. The summed E-state index contributed by atoms with van der Waals surface area (Å²) in [5, 5.41) is 0. The third kappa shape index (κ3) is 1.99. The summed E-state index contributed by atoms with van der Waals surface area (Å²) in [6, 6.07) is 6.11. The van der Waals surface area contributed by atoms with Crippen LogP contribution >= 0.6 is 0 Å². The predicted molar refractivity (Wildman–Crippen MR) is 54.6 cm³/mol. The van der Waals surface area contributed by atoms with Crippen LogP contribution in [0.1, 0.15) is 18.4 Å². The number of nitrogens with two attached hydrogens (primary N) is 1. The summed E-state index contributed by atoms with van der Waals surface area (Å²) in [5.41, 5.74) is 6.73. The van der Waals surface area contributed by atoms with Gasteiger partial charge in [0.15, 0.2) is 11.5 Å². The van der Waals surface area contributed by atoms with Gasteiger partial charge in [0.25, 0.3) is 0 Å². The van der Waals surface area contributed by atoms with Crippen molar-refractivity contribution in [3.8, 4) is 11.5 Å². The van der Waals surface area contributed by atoms with Crippen LogP contribution in [0.2, 0.25) is 0 Å². The smallest absolute Gasteiger partial charge is 0.231 e. The van der Waals surface area contributed by atoms with Crippen LogP contribution in [0, 0.1) is 0 Å². The van der Waals surface area contributed by atoms with Crippen molar-refractivity contribution in [1.29, 1.82) is 0 Å². The number of ether oxygens (including phenoxy) is 2. The molecule has 0 saturated heterocycles. The molecule has 0 fully saturated rings. The van der Waals surface area contributed by atoms with Crippen molar-refractivity contribution in [2.45, 2.75) is 19.3 Å². The molecule has 1 aliphatic rings. The Morgan fingerprint density at radius 1 is 1.14 bits per heavy atom. The van der Waals surface area contributed by atoms with Gasteiger partial charge in [-0.3, -0.25) is 0 Å². The topological polar surface area (TPSA) is 44.5 Å². The van der Waals surface area contributed by atoms with Crippen LogP contribution in [0.4, 0.5) is 0 Å². The molecule has 0 aliphatic carbocycles. The lowest BCUT2D eigenvalue weighted by atomic mass is 10.1. The Morgan fingerprint density at radius 3 is 2.86 bits per heavy atom. The van der Waals surface area contributed by atoms with Crippen molar-refractivity contribution >= 4 is 0 Å². The molecular formula is C11H15NO2. The zero-order chi connectivity index (χ0) is 9.80. The molecule has 0 unspecified atom stereocenters. The zero-order valence-electron chi connectivity index (χ0n) is 8.16. The second-order valence-corrected chi connectivity index (χ2v) is 3.43. The van der Waals surface area contributed by atoms with Gasteiger partial charge in [-0.05, 0) is 43.5 Å². The molecule has 0 bridgehead atoms. The van der Waals surface area contributed by atoms with E-state index in [0.717, 1.165) is 37.3 Å². The Bertz CT molecular complexity index is 312. The number of rotatable bonds is 4. The summed E-state index contributed by atoms with van der Waals surface area (Å²) in [5.74, 6) is 1.72. The van der Waals surface area contributed by atoms with E-state index in [-0.39, 0.29) is 0 Å². The number of hydrogen-bond donors (Lipinski definition) is 1. The fourth-order valence-corrected chi connectivity index (χ4v) is 1.57. The van der Waals surface area contributed by atoms with E-state index in [9.17, 15) is 0 Å². The first kappa shape index (κ1) is 9.34. The van der Waals surface area contributed by atoms with E-state index < -0.39 is 0 Å². The van der Waals surface area contributed by atoms with Gasteiger partial charge in [-0.1, -0.05) is 6.07 Å². The van der Waals surface area contributed by atoms with Crippen LogP contribution in [0.3, 0.4) is 0 Å². The number of aryl methyl sites for hydroxylation is 1. The van der Waals surface area contributed by atoms with E-state index in [2.05, 4.69) is 12.1 Å². The molecule has 0 saturated carbocycles. The summed E-state index contributed by atoms with van der Waals surface area (Å²) in [4.78, 5) is 0. The number of unbranched alkanes of at least 4 members (excludes halogenated alkanes) is 1. The average molecular weight is 193 g/mol. The minimum absolute atomic E-state index is 0.349. The molecule has 14 heavy (non-hydrogen) atoms. The normalized spacial score (nSPS) is 13.2. The highest BCUT2D eigenvalue weighted by Gasteiger charge is 2.12. The van der Waals surface area contributed by atoms with Gasteiger partial charge in [-0.25, -0.2) is 0 Å². The summed E-state index contributed by atoms with van der Waals surface area (Å²) in [6.07, 6.45) is 3.28. The first-order valence-corrected chi connectivity index (χ1v) is 4.99. The molecule has 76 valence electrons. The Morgan fingerprint density at radius 2 is 2.00 bits per heavy atom. The first-order chi connectivity index (χ1) is 6.90. The molecule has 0 radical (unpaired) electrons. The summed E-state index contributed by atoms with van der Waals surface area (Å²) < 4.78 is 10.5. The van der Waals surface area contributed by atoms with Crippen LogP contribution in [-0.2, 0) is 6.42 Å². The maximum atomic E-state index is 5.44. The molecule has 1 aromatic rings. The average Bonchev–Trinajstić information content (AvgIpc) is 2.65. The first-order valence-electron chi connectivity index (χ1n) is 4.99. The van der Waals surface area contributed by atoms with Crippen molar-refractivity contribution in [2.75, 3.05) is 13.3 Å². The third-order valence-electron chi connectivity index (χ3n) is 2.36. The molecule has 3 heteroatoms. The second-order valence-electron chi connectivity index (χ2n) is 3.43. The van der Waals surface area contributed by atoms with Crippen LogP contribution < -0.4 is 15.2 Å². The Hall–Kier alpha value is -1.22. The zero-order valence-corrected chi connectivity index (χ0v) is 8.16. The number of fused-ring (bicyclic) bond motifs is 1. The maximum absolute atomic E-state index is 5.44. The van der Waals surface area contributed by atoms with Crippen molar-refractivity contribution in [1.82, 2.24) is 0 Å². The van der Waals surface area contributed by atoms with Gasteiger partial charge < -0.3 is 15.2 Å². The van der Waals surface area contributed by atoms with Crippen LogP contribution in [-0.4, -0.2) is 13.3 Å². The molecule has 2 N–H and O–H groups in total. The summed E-state index contributed by atoms with van der Waals surface area (Å²) in [7, 11) is 0. The van der Waals surface area contributed by atoms with Crippen molar-refractivity contribution in [2.24, 2.45) is 5.73 Å². The van der Waals surface area contributed by atoms with Gasteiger partial charge in [0, 0.05) is 0 Å². The largest absolute Gasteiger partial charge is 0.454 e. The van der Waals surface area contributed by atoms with Gasteiger partial charge in [0.2, 0.25) is 6.79 Å². The van der Waals surface area contributed by atoms with E-state index in [1.165, 1.54) is 5.56 Å². The van der Waals surface area contributed by atoms with Gasteiger partial charge in [-0.2, -0.15) is 0 Å². The molecule has 1 heterocycles. The SMILES string of the molecule is NCCCCc1ccc2c(c1)OCO2. The molecule has 2 rings (SSSR count). The minimum atomic E-state index is 0.349.